The summed E-state index contributed by atoms with van der Waals surface area (Å²) in [5.74, 6) is -0.154. The number of aromatic nitrogens is 3. The van der Waals surface area contributed by atoms with E-state index in [0.717, 1.165) is 38.8 Å². The van der Waals surface area contributed by atoms with Gasteiger partial charge in [0.2, 0.25) is 0 Å². The maximum atomic E-state index is 12.6. The van der Waals surface area contributed by atoms with Crippen molar-refractivity contribution in [2.45, 2.75) is 62.7 Å². The largest absolute Gasteiger partial charge is 0.378 e. The molecule has 3 aliphatic rings. The van der Waals surface area contributed by atoms with Gasteiger partial charge in [0, 0.05) is 6.04 Å². The highest BCUT2D eigenvalue weighted by Gasteiger charge is 2.35. The van der Waals surface area contributed by atoms with Gasteiger partial charge in [-0.2, -0.15) is 0 Å². The Bertz CT molecular complexity index is 592. The van der Waals surface area contributed by atoms with Gasteiger partial charge in [0.15, 0.2) is 5.69 Å². The number of likely N-dealkylation sites (tertiary alicyclic amines) is 1. The molecular weight excluding hydrogens is 320 g/mol. The van der Waals surface area contributed by atoms with Crippen molar-refractivity contribution >= 4 is 5.91 Å². The molecule has 138 valence electrons. The number of nitrogens with two attached hydrogens (primary N) is 1. The van der Waals surface area contributed by atoms with Crippen molar-refractivity contribution in [1.82, 2.24) is 25.2 Å². The number of nitrogens with one attached hydrogen (secondary N) is 1. The minimum Gasteiger partial charge on any atom is -0.378 e. The van der Waals surface area contributed by atoms with Crippen LogP contribution in [0.2, 0.25) is 0 Å². The molecule has 0 unspecified atom stereocenters. The van der Waals surface area contributed by atoms with E-state index < -0.39 is 0 Å². The fourth-order valence-corrected chi connectivity index (χ4v) is 4.28. The summed E-state index contributed by atoms with van der Waals surface area (Å²) in [7, 11) is 0. The van der Waals surface area contributed by atoms with Crippen LogP contribution in [0.25, 0.3) is 0 Å². The molecule has 25 heavy (non-hydrogen) atoms. The fourth-order valence-electron chi connectivity index (χ4n) is 4.28. The van der Waals surface area contributed by atoms with Crippen LogP contribution >= 0.6 is 0 Å². The lowest BCUT2D eigenvalue weighted by atomic mass is 9.92. The first-order chi connectivity index (χ1) is 12.2. The number of carbonyl (C=O) groups excluding carboxylic acids is 1. The van der Waals surface area contributed by atoms with E-state index in [0.29, 0.717) is 31.0 Å². The van der Waals surface area contributed by atoms with Gasteiger partial charge in [0.1, 0.15) is 0 Å². The van der Waals surface area contributed by atoms with E-state index in [-0.39, 0.29) is 18.0 Å². The number of hydrogen-bond acceptors (Lipinski definition) is 6. The predicted octanol–water partition coefficient (Wildman–Crippen LogP) is 0.314. The van der Waals surface area contributed by atoms with E-state index in [1.165, 1.54) is 12.8 Å². The second kappa shape index (κ2) is 7.39. The van der Waals surface area contributed by atoms with Crippen LogP contribution in [0.4, 0.5) is 0 Å². The minimum atomic E-state index is -0.154. The molecule has 2 saturated heterocycles. The van der Waals surface area contributed by atoms with Gasteiger partial charge in [0.05, 0.1) is 37.5 Å². The molecule has 0 bridgehead atoms. The number of hydrogen-bond donors (Lipinski definition) is 2. The average Bonchev–Trinajstić information content (AvgIpc) is 3.36. The van der Waals surface area contributed by atoms with Crippen LogP contribution < -0.4 is 11.1 Å². The molecule has 8 nitrogen and oxygen atoms in total. The van der Waals surface area contributed by atoms with Crippen LogP contribution in [0.5, 0.6) is 0 Å². The maximum absolute atomic E-state index is 12.6. The molecule has 0 spiro atoms. The molecule has 0 aromatic carbocycles. The Balaban J connectivity index is 1.36. The highest BCUT2D eigenvalue weighted by molar-refractivity contribution is 5.92. The summed E-state index contributed by atoms with van der Waals surface area (Å²) in [6.45, 7) is 3.46. The smallest absolute Gasteiger partial charge is 0.273 e. The lowest BCUT2D eigenvalue weighted by Gasteiger charge is -2.27. The summed E-state index contributed by atoms with van der Waals surface area (Å²) in [5, 5.41) is 11.4. The van der Waals surface area contributed by atoms with Crippen molar-refractivity contribution in [1.29, 1.82) is 0 Å². The van der Waals surface area contributed by atoms with Gasteiger partial charge >= 0.3 is 0 Å². The summed E-state index contributed by atoms with van der Waals surface area (Å²) in [6, 6.07) is 0.915. The molecule has 2 aliphatic heterocycles. The van der Waals surface area contributed by atoms with E-state index in [1.54, 1.807) is 6.20 Å². The summed E-state index contributed by atoms with van der Waals surface area (Å²) < 4.78 is 7.46. The summed E-state index contributed by atoms with van der Waals surface area (Å²) in [5.41, 5.74) is 6.35. The first kappa shape index (κ1) is 16.9. The molecule has 1 aromatic rings. The van der Waals surface area contributed by atoms with Gasteiger partial charge in [-0.3, -0.25) is 9.69 Å². The predicted molar refractivity (Wildman–Crippen MR) is 92.2 cm³/mol. The minimum absolute atomic E-state index is 0.0310. The van der Waals surface area contributed by atoms with Crippen LogP contribution in [-0.2, 0) is 4.74 Å². The first-order valence-corrected chi connectivity index (χ1v) is 9.51. The number of amides is 1. The summed E-state index contributed by atoms with van der Waals surface area (Å²) >= 11 is 0. The van der Waals surface area contributed by atoms with Gasteiger partial charge in [-0.15, -0.1) is 5.10 Å². The first-order valence-electron chi connectivity index (χ1n) is 9.51. The molecule has 1 saturated carbocycles. The number of ether oxygens (including phenoxy) is 1. The molecule has 1 amide bonds. The highest BCUT2D eigenvalue weighted by Crippen LogP contribution is 2.27. The topological polar surface area (TPSA) is 98.3 Å². The normalized spacial score (nSPS) is 33.6. The van der Waals surface area contributed by atoms with Gasteiger partial charge < -0.3 is 15.8 Å². The van der Waals surface area contributed by atoms with E-state index in [4.69, 9.17) is 10.5 Å². The summed E-state index contributed by atoms with van der Waals surface area (Å²) in [4.78, 5) is 15.0. The second-order valence-electron chi connectivity index (χ2n) is 7.58. The highest BCUT2D eigenvalue weighted by atomic mass is 16.5. The van der Waals surface area contributed by atoms with E-state index >= 15 is 0 Å². The Kier molecular flexibility index (Phi) is 5.00. The SMILES string of the molecule is NC1CCC(n2cc(C(=O)N[C@H]3COC[C@@H]3N3CCCC3)nn2)CC1. The fraction of sp³-hybridized carbons (Fsp3) is 0.824. The Morgan fingerprint density at radius 1 is 1.20 bits per heavy atom. The van der Waals surface area contributed by atoms with E-state index in [2.05, 4.69) is 20.5 Å². The van der Waals surface area contributed by atoms with Crippen molar-refractivity contribution in [3.8, 4) is 0 Å². The monoisotopic (exact) mass is 348 g/mol. The molecule has 3 heterocycles. The molecule has 3 N–H and O–H groups in total. The second-order valence-corrected chi connectivity index (χ2v) is 7.58. The molecule has 1 aromatic heterocycles. The standard InChI is InChI=1S/C17H28N6O2/c18-12-3-5-13(6-4-12)23-9-14(20-21-23)17(24)19-15-10-25-11-16(15)22-7-1-2-8-22/h9,12-13,15-16H,1-8,10-11,18H2,(H,19,24)/t12?,13?,15-,16-/m0/s1. The quantitative estimate of drug-likeness (QED) is 0.813. The third-order valence-corrected chi connectivity index (χ3v) is 5.84. The van der Waals surface area contributed by atoms with E-state index in [9.17, 15) is 4.79 Å². The molecule has 4 rings (SSSR count). The molecule has 3 fully saturated rings. The molecule has 0 radical (unpaired) electrons. The zero-order chi connectivity index (χ0) is 17.2. The Labute approximate surface area is 148 Å². The zero-order valence-corrected chi connectivity index (χ0v) is 14.6. The van der Waals surface area contributed by atoms with Crippen LogP contribution in [0, 0.1) is 0 Å². The van der Waals surface area contributed by atoms with Crippen LogP contribution in [0.1, 0.15) is 55.1 Å². The van der Waals surface area contributed by atoms with Crippen LogP contribution in [0.3, 0.4) is 0 Å². The molecular formula is C17H28N6O2. The molecule has 1 aliphatic carbocycles. The van der Waals surface area contributed by atoms with Gasteiger partial charge in [-0.25, -0.2) is 4.68 Å². The van der Waals surface area contributed by atoms with Crippen molar-refractivity contribution < 1.29 is 9.53 Å². The molecule has 8 heteroatoms. The van der Waals surface area contributed by atoms with Gasteiger partial charge in [-0.1, -0.05) is 5.21 Å². The van der Waals surface area contributed by atoms with Gasteiger partial charge in [-0.05, 0) is 51.6 Å². The van der Waals surface area contributed by atoms with Crippen molar-refractivity contribution in [3.05, 3.63) is 11.9 Å². The maximum Gasteiger partial charge on any atom is 0.273 e. The van der Waals surface area contributed by atoms with Crippen molar-refractivity contribution in [2.75, 3.05) is 26.3 Å². The number of nitrogens with zero attached hydrogens (tertiary/aromatic N) is 4. The Morgan fingerprint density at radius 2 is 1.96 bits per heavy atom. The Hall–Kier alpha value is -1.51. The third kappa shape index (κ3) is 3.70. The number of rotatable bonds is 4. The lowest BCUT2D eigenvalue weighted by molar-refractivity contribution is 0.0911. The van der Waals surface area contributed by atoms with Crippen LogP contribution in [0.15, 0.2) is 6.20 Å². The number of carbonyl (C=O) groups is 1. The van der Waals surface area contributed by atoms with Crippen molar-refractivity contribution in [3.63, 3.8) is 0 Å². The zero-order valence-electron chi connectivity index (χ0n) is 14.6. The van der Waals surface area contributed by atoms with Crippen LogP contribution in [-0.4, -0.2) is 70.2 Å². The summed E-state index contributed by atoms with van der Waals surface area (Å²) in [6.07, 6.45) is 8.24. The van der Waals surface area contributed by atoms with E-state index in [1.807, 2.05) is 4.68 Å². The average molecular weight is 348 g/mol. The van der Waals surface area contributed by atoms with Gasteiger partial charge in [0.25, 0.3) is 5.91 Å². The van der Waals surface area contributed by atoms with Crippen molar-refractivity contribution in [2.24, 2.45) is 5.73 Å². The lowest BCUT2D eigenvalue weighted by Crippen LogP contribution is -2.50. The third-order valence-electron chi connectivity index (χ3n) is 5.84. The Morgan fingerprint density at radius 3 is 2.72 bits per heavy atom. The molecule has 2 atom stereocenters.